The zero-order valence-corrected chi connectivity index (χ0v) is 48.2. The minimum atomic E-state index is -2.39. The number of methoxy groups -OCH3 is 2. The predicted molar refractivity (Wildman–Crippen MR) is 307 cm³/mol. The molecule has 0 radical (unpaired) electrons. The first kappa shape index (κ1) is 55.2. The molecule has 12 atom stereocenters. The van der Waals surface area contributed by atoms with Gasteiger partial charge in [0, 0.05) is 113 Å². The third kappa shape index (κ3) is 8.08. The highest BCUT2D eigenvalue weighted by Gasteiger charge is 2.79. The molecule has 80 heavy (non-hydrogen) atoms. The third-order valence-corrected chi connectivity index (χ3v) is 22.8. The number of β-lactam (4-membered cyclic amide) rings is 1. The number of aliphatic hydroxyl groups excluding tert-OH is 1. The summed E-state index contributed by atoms with van der Waals surface area (Å²) in [5.74, 6) is -2.03. The molecule has 2 aromatic heterocycles. The number of H-pyrrole nitrogens is 1. The van der Waals surface area contributed by atoms with Crippen molar-refractivity contribution >= 4 is 81.1 Å². The molecular formula is C59H71N7O11S3. The van der Waals surface area contributed by atoms with Gasteiger partial charge in [0.1, 0.15) is 34.4 Å². The summed E-state index contributed by atoms with van der Waals surface area (Å²) in [6.45, 7) is 7.19. The molecule has 12 rings (SSSR count). The van der Waals surface area contributed by atoms with Gasteiger partial charge in [0.2, 0.25) is 5.91 Å². The van der Waals surface area contributed by atoms with Crippen LogP contribution in [0.5, 0.6) is 5.75 Å². The van der Waals surface area contributed by atoms with Crippen molar-refractivity contribution in [2.45, 2.75) is 110 Å². The number of likely N-dealkylation sites (N-methyl/N-ethyl adjacent to an activating group) is 1. The van der Waals surface area contributed by atoms with Crippen LogP contribution in [0.4, 0.5) is 5.69 Å². The van der Waals surface area contributed by atoms with E-state index in [1.807, 2.05) is 79.7 Å². The summed E-state index contributed by atoms with van der Waals surface area (Å²) in [6.07, 6.45) is 5.48. The second-order valence-corrected chi connectivity index (χ2v) is 26.6. The van der Waals surface area contributed by atoms with E-state index >= 15 is 9.59 Å². The van der Waals surface area contributed by atoms with Gasteiger partial charge in [-0.2, -0.15) is 11.8 Å². The van der Waals surface area contributed by atoms with Gasteiger partial charge in [0.15, 0.2) is 5.60 Å². The fraction of sp³-hybridized carbons (Fsp3) is 0.542. The van der Waals surface area contributed by atoms with Gasteiger partial charge in [-0.15, -0.1) is 23.1 Å². The fourth-order valence-electron chi connectivity index (χ4n) is 16.2. The summed E-state index contributed by atoms with van der Waals surface area (Å²) < 4.78 is 12.5. The molecule has 426 valence electrons. The SMILES string of the molecule is CC[C@]1(O)C[C@@H]2CN(CCc3c([nH]c4ccccc34)[C@@](C(=O)OC)(c3cc4c(cc3OC)N(C)C3[C@]45CCN4CC=C[C@@](CC)([C@@H](O)[C@]3(O)C(=O)NCCSCC3=C(C(=O)O)N6C(=O)[C@@H](NC(=O)Cc7cccs7)[C@H]6SC3)[C@H]45)C2)C1. The lowest BCUT2D eigenvalue weighted by Gasteiger charge is -2.63. The van der Waals surface area contributed by atoms with Gasteiger partial charge in [-0.05, 0) is 91.3 Å². The Morgan fingerprint density at radius 1 is 1.00 bits per heavy atom. The summed E-state index contributed by atoms with van der Waals surface area (Å²) in [5, 5.41) is 57.4. The molecule has 18 nitrogen and oxygen atoms in total. The number of thiophene rings is 1. The van der Waals surface area contributed by atoms with Crippen molar-refractivity contribution in [1.29, 1.82) is 0 Å². The van der Waals surface area contributed by atoms with Crippen LogP contribution in [0.25, 0.3) is 10.9 Å². The van der Waals surface area contributed by atoms with Crippen molar-refractivity contribution in [2.24, 2.45) is 11.3 Å². The number of amides is 3. The van der Waals surface area contributed by atoms with Crippen molar-refractivity contribution < 1.29 is 53.9 Å². The summed E-state index contributed by atoms with van der Waals surface area (Å²) in [7, 11) is 4.87. The molecule has 7 aliphatic heterocycles. The molecule has 1 saturated carbocycles. The number of carbonyl (C=O) groups excluding carboxylic acids is 4. The van der Waals surface area contributed by atoms with Crippen molar-refractivity contribution in [2.75, 3.05) is 82.7 Å². The maximum Gasteiger partial charge on any atom is 0.352 e. The number of nitrogens with zero attached hydrogens (tertiary/aromatic N) is 4. The number of benzene rings is 2. The van der Waals surface area contributed by atoms with E-state index in [1.165, 1.54) is 46.9 Å². The first-order valence-corrected chi connectivity index (χ1v) is 31.0. The molecule has 4 fully saturated rings. The molecule has 3 saturated heterocycles. The number of nitrogens with one attached hydrogen (secondary N) is 3. The number of carboxylic acid groups (broad SMARTS) is 1. The Morgan fingerprint density at radius 2 is 1.81 bits per heavy atom. The molecule has 21 heteroatoms. The summed E-state index contributed by atoms with van der Waals surface area (Å²) in [6, 6.07) is 13.6. The van der Waals surface area contributed by atoms with Crippen LogP contribution in [0, 0.1) is 11.3 Å². The zero-order chi connectivity index (χ0) is 56.3. The molecule has 2 unspecified atom stereocenters. The lowest BCUT2D eigenvalue weighted by molar-refractivity contribution is -0.203. The van der Waals surface area contributed by atoms with Crippen LogP contribution in [0.15, 0.2) is 77.3 Å². The Hall–Kier alpha value is -5.39. The van der Waals surface area contributed by atoms with E-state index in [4.69, 9.17) is 9.47 Å². The smallest absolute Gasteiger partial charge is 0.352 e. The van der Waals surface area contributed by atoms with E-state index in [1.54, 1.807) is 7.11 Å². The first-order valence-electron chi connectivity index (χ1n) is 27.9. The number of thioether (sulfide) groups is 2. The van der Waals surface area contributed by atoms with Crippen molar-refractivity contribution in [3.8, 4) is 5.75 Å². The van der Waals surface area contributed by atoms with E-state index in [2.05, 4.69) is 37.6 Å². The van der Waals surface area contributed by atoms with Gasteiger partial charge < -0.3 is 50.4 Å². The predicted octanol–water partition coefficient (Wildman–Crippen LogP) is 4.14. The number of piperidine rings is 1. The van der Waals surface area contributed by atoms with Crippen molar-refractivity contribution in [3.05, 3.63) is 105 Å². The number of esters is 1. The average molecular weight is 1150 g/mol. The number of para-hydroxylation sites is 1. The fourth-order valence-corrected chi connectivity index (χ4v) is 19.2. The topological polar surface area (TPSA) is 238 Å². The number of aromatic nitrogens is 1. The van der Waals surface area contributed by atoms with Crippen molar-refractivity contribution in [1.82, 2.24) is 30.3 Å². The number of aliphatic carboxylic acids is 1. The van der Waals surface area contributed by atoms with Gasteiger partial charge in [0.05, 0.1) is 32.3 Å². The maximum absolute atomic E-state index is 15.6. The second-order valence-electron chi connectivity index (χ2n) is 23.4. The lowest BCUT2D eigenvalue weighted by atomic mass is 9.47. The zero-order valence-electron chi connectivity index (χ0n) is 45.8. The first-order chi connectivity index (χ1) is 38.4. The number of anilines is 1. The molecular weight excluding hydrogens is 1080 g/mol. The standard InChI is InChI=1S/C59H71N7O11S3/c1-6-55(74)27-33-28-58(54(73)77-5,46-37(15-20-64(29-33)32-55)36-13-8-9-14-40(36)61-46)39-25-38-41(26-42(39)76-4)63(3)51-57(38)17-21-65-19-11-16-56(7-2,50(57)65)52(71)59(51,75)53(72)60-18-23-78-30-34-31-80-48-44(47(68)66(48)45(34)49(69)70)62-43(67)24-35-12-10-22-79-35/h8-14,16,22,25-26,33,44,48,50-52,61,71,74-75H,6-7,15,17-21,23-24,27-32H2,1-5H3,(H,60,72)(H,62,67)(H,69,70)/t33-,44+,48+,50-,51?,52+,55-,56+,57+,58-,59-/m0/s1. The minimum absolute atomic E-state index is 0.0735. The normalized spacial score (nSPS) is 34.0. The quantitative estimate of drug-likeness (QED) is 0.0384. The number of ether oxygens (including phenoxy) is 2. The van der Waals surface area contributed by atoms with Crippen LogP contribution in [0.2, 0.25) is 0 Å². The number of carbonyl (C=O) groups is 5. The summed E-state index contributed by atoms with van der Waals surface area (Å²) in [4.78, 5) is 82.4. The van der Waals surface area contributed by atoms with Crippen LogP contribution in [-0.2, 0) is 52.4 Å². The van der Waals surface area contributed by atoms with E-state index < -0.39 is 74.8 Å². The van der Waals surface area contributed by atoms with Gasteiger partial charge in [-0.1, -0.05) is 50.3 Å². The highest BCUT2D eigenvalue weighted by molar-refractivity contribution is 8.01. The number of rotatable bonds is 15. The average Bonchev–Trinajstić information content (AvgIpc) is 3.06. The molecule has 2 bridgehead atoms. The Kier molecular flexibility index (Phi) is 14.1. The molecule has 1 spiro atoms. The lowest BCUT2D eigenvalue weighted by Crippen LogP contribution is -2.81. The van der Waals surface area contributed by atoms with Crippen LogP contribution in [0.1, 0.15) is 73.2 Å². The Bertz CT molecular complexity index is 3240. The molecule has 8 aliphatic rings. The Morgan fingerprint density at radius 3 is 2.55 bits per heavy atom. The molecule has 1 aliphatic carbocycles. The number of fused-ring (bicyclic) bond motifs is 7. The van der Waals surface area contributed by atoms with Gasteiger partial charge in [-0.3, -0.25) is 33.9 Å². The van der Waals surface area contributed by atoms with E-state index in [9.17, 15) is 34.8 Å². The second kappa shape index (κ2) is 20.5. The largest absolute Gasteiger partial charge is 0.496 e. The van der Waals surface area contributed by atoms with E-state index in [0.717, 1.165) is 32.6 Å². The van der Waals surface area contributed by atoms with Crippen molar-refractivity contribution in [3.63, 3.8) is 0 Å². The monoisotopic (exact) mass is 1150 g/mol. The summed E-state index contributed by atoms with van der Waals surface area (Å²) >= 11 is 4.23. The molecule has 4 aromatic rings. The Balaban J connectivity index is 0.881. The van der Waals surface area contributed by atoms with Crippen LogP contribution in [0.3, 0.4) is 0 Å². The van der Waals surface area contributed by atoms with E-state index in [0.29, 0.717) is 105 Å². The molecule has 3 amide bonds. The number of carboxylic acids is 1. The summed E-state index contributed by atoms with van der Waals surface area (Å²) in [5.41, 5.74) is -1.72. The number of aromatic amines is 1. The van der Waals surface area contributed by atoms with Crippen LogP contribution in [-0.4, -0.2) is 188 Å². The van der Waals surface area contributed by atoms with E-state index in [-0.39, 0.29) is 42.3 Å². The highest BCUT2D eigenvalue weighted by Crippen LogP contribution is 2.68. The number of hydrogen-bond donors (Lipinski definition) is 7. The molecule has 9 heterocycles. The Labute approximate surface area is 477 Å². The molecule has 2 aromatic carbocycles. The maximum atomic E-state index is 15.6. The van der Waals surface area contributed by atoms with Gasteiger partial charge >= 0.3 is 11.9 Å². The van der Waals surface area contributed by atoms with Crippen LogP contribution < -0.4 is 20.3 Å². The third-order valence-electron chi connectivity index (χ3n) is 19.5. The number of hydrogen-bond acceptors (Lipinski definition) is 16. The number of aliphatic hydroxyl groups is 3. The van der Waals surface area contributed by atoms with Gasteiger partial charge in [-0.25, -0.2) is 4.79 Å². The van der Waals surface area contributed by atoms with Gasteiger partial charge in [0.25, 0.3) is 11.8 Å². The molecule has 7 N–H and O–H groups in total. The minimum Gasteiger partial charge on any atom is -0.496 e. The highest BCUT2D eigenvalue weighted by atomic mass is 32.2. The van der Waals surface area contributed by atoms with Crippen LogP contribution >= 0.6 is 34.9 Å².